The second kappa shape index (κ2) is 8.01. The summed E-state index contributed by atoms with van der Waals surface area (Å²) >= 11 is 0. The zero-order valence-corrected chi connectivity index (χ0v) is 19.1. The molecule has 2 amide bonds. The Labute approximate surface area is 202 Å². The lowest BCUT2D eigenvalue weighted by Gasteiger charge is -2.45. The molecular formula is C29H23NO5. The number of Topliss-reactive ketones (excluding diaryl/α,β-unsaturated/α-hetero) is 1. The maximum absolute atomic E-state index is 13.6. The molecule has 6 nitrogen and oxygen atoms in total. The smallest absolute Gasteiger partial charge is 0.313 e. The van der Waals surface area contributed by atoms with Gasteiger partial charge in [0.1, 0.15) is 5.75 Å². The third-order valence-corrected chi connectivity index (χ3v) is 7.57. The van der Waals surface area contributed by atoms with Crippen LogP contribution < -0.4 is 4.74 Å². The highest BCUT2D eigenvalue weighted by Crippen LogP contribution is 2.60. The fraction of sp³-hybridized carbons (Fsp3) is 0.241. The molecule has 1 fully saturated rings. The minimum Gasteiger partial charge on any atom is -0.426 e. The number of benzene rings is 3. The van der Waals surface area contributed by atoms with E-state index in [1.807, 2.05) is 24.3 Å². The van der Waals surface area contributed by atoms with Crippen molar-refractivity contribution >= 4 is 23.6 Å². The quantitative estimate of drug-likeness (QED) is 0.246. The summed E-state index contributed by atoms with van der Waals surface area (Å²) in [5, 5.41) is 0. The molecule has 0 spiro atoms. The highest BCUT2D eigenvalue weighted by Gasteiger charge is 2.61. The summed E-state index contributed by atoms with van der Waals surface area (Å²) in [6.07, 6.45) is -0.140. The number of likely N-dealkylation sites (tertiary alicyclic amines) is 1. The van der Waals surface area contributed by atoms with Crippen LogP contribution in [0, 0.1) is 11.8 Å². The second-order valence-electron chi connectivity index (χ2n) is 9.37. The van der Waals surface area contributed by atoms with Crippen LogP contribution in [-0.4, -0.2) is 35.0 Å². The van der Waals surface area contributed by atoms with Crippen LogP contribution in [0.3, 0.4) is 0 Å². The fourth-order valence-electron chi connectivity index (χ4n) is 6.18. The molecule has 7 rings (SSSR count). The van der Waals surface area contributed by atoms with E-state index in [0.717, 1.165) is 22.3 Å². The maximum atomic E-state index is 13.6. The largest absolute Gasteiger partial charge is 0.426 e. The highest BCUT2D eigenvalue weighted by atomic mass is 16.5. The fourth-order valence-corrected chi connectivity index (χ4v) is 6.18. The Morgan fingerprint density at radius 1 is 0.743 bits per heavy atom. The topological polar surface area (TPSA) is 80.8 Å². The molecule has 1 heterocycles. The average Bonchev–Trinajstić information content (AvgIpc) is 3.13. The summed E-state index contributed by atoms with van der Waals surface area (Å²) in [5.41, 5.74) is 4.76. The van der Waals surface area contributed by atoms with Crippen LogP contribution in [0.25, 0.3) is 0 Å². The van der Waals surface area contributed by atoms with Crippen molar-refractivity contribution in [1.82, 2.24) is 4.90 Å². The standard InChI is InChI=1S/C29H23NO5/c1-16(31)17-8-6-7-13-22(17)35-23(32)14-15-30-28(33)26-24-18-9-2-3-10-19(18)25(27(26)29(30)34)21-12-5-4-11-20(21)24/h2-13,24-27H,14-15H2,1H3. The molecule has 0 aromatic heterocycles. The molecule has 2 bridgehead atoms. The number of ketones is 1. The van der Waals surface area contributed by atoms with Crippen molar-refractivity contribution in [2.75, 3.05) is 6.54 Å². The SMILES string of the molecule is CC(=O)c1ccccc1OC(=O)CCN1C(=O)C2C3c4ccccc4C(c4ccccc43)C2C1=O. The number of para-hydroxylation sites is 1. The second-order valence-corrected chi connectivity index (χ2v) is 9.37. The first-order valence-corrected chi connectivity index (χ1v) is 11.8. The third-order valence-electron chi connectivity index (χ3n) is 7.57. The molecule has 3 aliphatic carbocycles. The van der Waals surface area contributed by atoms with E-state index in [-0.39, 0.29) is 48.1 Å². The summed E-state index contributed by atoms with van der Waals surface area (Å²) in [6, 6.07) is 22.7. The van der Waals surface area contributed by atoms with E-state index in [1.54, 1.807) is 24.3 Å². The van der Waals surface area contributed by atoms with E-state index in [4.69, 9.17) is 4.74 Å². The lowest BCUT2D eigenvalue weighted by atomic mass is 9.55. The van der Waals surface area contributed by atoms with Crippen LogP contribution >= 0.6 is 0 Å². The molecule has 174 valence electrons. The van der Waals surface area contributed by atoms with Gasteiger partial charge in [-0.05, 0) is 41.3 Å². The van der Waals surface area contributed by atoms with Gasteiger partial charge in [0.25, 0.3) is 0 Å². The first kappa shape index (κ1) is 21.5. The monoisotopic (exact) mass is 465 g/mol. The first-order valence-electron chi connectivity index (χ1n) is 11.8. The normalized spacial score (nSPS) is 23.5. The first-order chi connectivity index (χ1) is 17.0. The zero-order chi connectivity index (χ0) is 24.3. The summed E-state index contributed by atoms with van der Waals surface area (Å²) in [4.78, 5) is 52.8. The Bertz CT molecular complexity index is 1290. The predicted molar refractivity (Wildman–Crippen MR) is 127 cm³/mol. The Balaban J connectivity index is 1.26. The van der Waals surface area contributed by atoms with E-state index in [9.17, 15) is 19.2 Å². The summed E-state index contributed by atoms with van der Waals surface area (Å²) in [7, 11) is 0. The molecule has 0 saturated carbocycles. The lowest BCUT2D eigenvalue weighted by molar-refractivity contribution is -0.141. The van der Waals surface area contributed by atoms with E-state index < -0.39 is 17.8 Å². The van der Waals surface area contributed by atoms with Crippen molar-refractivity contribution in [1.29, 1.82) is 0 Å². The van der Waals surface area contributed by atoms with Gasteiger partial charge in [-0.15, -0.1) is 0 Å². The molecule has 4 aliphatic rings. The van der Waals surface area contributed by atoms with Crippen molar-refractivity contribution in [2.24, 2.45) is 11.8 Å². The van der Waals surface area contributed by atoms with Gasteiger partial charge in [0.05, 0.1) is 23.8 Å². The summed E-state index contributed by atoms with van der Waals surface area (Å²) < 4.78 is 5.40. The minimum absolute atomic E-state index is 0.0438. The molecule has 3 aromatic rings. The van der Waals surface area contributed by atoms with Crippen molar-refractivity contribution in [3.8, 4) is 5.75 Å². The van der Waals surface area contributed by atoms with Crippen molar-refractivity contribution in [3.63, 3.8) is 0 Å². The molecule has 0 N–H and O–H groups in total. The van der Waals surface area contributed by atoms with Gasteiger partial charge >= 0.3 is 5.97 Å². The number of esters is 1. The van der Waals surface area contributed by atoms with Crippen LogP contribution in [0.4, 0.5) is 0 Å². The number of ether oxygens (including phenoxy) is 1. The number of nitrogens with zero attached hydrogens (tertiary/aromatic N) is 1. The maximum Gasteiger partial charge on any atom is 0.313 e. The van der Waals surface area contributed by atoms with Gasteiger partial charge in [0.2, 0.25) is 11.8 Å². The number of hydrogen-bond donors (Lipinski definition) is 0. The molecular weight excluding hydrogens is 442 g/mol. The van der Waals surface area contributed by atoms with Gasteiger partial charge in [0, 0.05) is 18.4 Å². The van der Waals surface area contributed by atoms with Gasteiger partial charge in [-0.3, -0.25) is 24.1 Å². The molecule has 1 aliphatic heterocycles. The van der Waals surface area contributed by atoms with Crippen molar-refractivity contribution in [3.05, 3.63) is 101 Å². The van der Waals surface area contributed by atoms with Crippen LogP contribution in [0.15, 0.2) is 72.8 Å². The van der Waals surface area contributed by atoms with Gasteiger partial charge in [-0.1, -0.05) is 60.7 Å². The third kappa shape index (κ3) is 3.16. The van der Waals surface area contributed by atoms with Crippen LogP contribution in [0.1, 0.15) is 57.8 Å². The Morgan fingerprint density at radius 2 is 1.20 bits per heavy atom. The predicted octanol–water partition coefficient (Wildman–Crippen LogP) is 4.08. The van der Waals surface area contributed by atoms with Crippen molar-refractivity contribution in [2.45, 2.75) is 25.2 Å². The van der Waals surface area contributed by atoms with E-state index in [2.05, 4.69) is 24.3 Å². The van der Waals surface area contributed by atoms with Crippen LogP contribution in [-0.2, 0) is 14.4 Å². The van der Waals surface area contributed by atoms with Crippen LogP contribution in [0.5, 0.6) is 5.75 Å². The number of hydrogen-bond acceptors (Lipinski definition) is 5. The number of rotatable bonds is 5. The van der Waals surface area contributed by atoms with Gasteiger partial charge in [-0.25, -0.2) is 0 Å². The summed E-state index contributed by atoms with van der Waals surface area (Å²) in [5.74, 6) is -2.35. The molecule has 3 aromatic carbocycles. The molecule has 0 radical (unpaired) electrons. The zero-order valence-electron chi connectivity index (χ0n) is 19.1. The van der Waals surface area contributed by atoms with Gasteiger partial charge in [0.15, 0.2) is 5.78 Å². The number of amides is 2. The number of carbonyl (C=O) groups is 4. The highest BCUT2D eigenvalue weighted by molar-refractivity contribution is 6.08. The van der Waals surface area contributed by atoms with E-state index >= 15 is 0 Å². The van der Waals surface area contributed by atoms with E-state index in [1.165, 1.54) is 11.8 Å². The molecule has 2 unspecified atom stereocenters. The summed E-state index contributed by atoms with van der Waals surface area (Å²) in [6.45, 7) is 1.36. The Hall–Kier alpha value is -4.06. The molecule has 35 heavy (non-hydrogen) atoms. The van der Waals surface area contributed by atoms with E-state index in [0.29, 0.717) is 5.56 Å². The number of carbonyl (C=O) groups excluding carboxylic acids is 4. The van der Waals surface area contributed by atoms with Crippen molar-refractivity contribution < 1.29 is 23.9 Å². The van der Waals surface area contributed by atoms with Gasteiger partial charge in [-0.2, -0.15) is 0 Å². The van der Waals surface area contributed by atoms with Crippen LogP contribution in [0.2, 0.25) is 0 Å². The lowest BCUT2D eigenvalue weighted by Crippen LogP contribution is -2.41. The molecule has 2 atom stereocenters. The Morgan fingerprint density at radius 3 is 1.69 bits per heavy atom. The molecule has 6 heteroatoms. The Kier molecular flexibility index (Phi) is 4.92. The minimum atomic E-state index is -0.594. The number of imide groups is 1. The van der Waals surface area contributed by atoms with Gasteiger partial charge < -0.3 is 4.74 Å². The molecule has 1 saturated heterocycles. The average molecular weight is 466 g/mol.